The Balaban J connectivity index is 1.89. The lowest BCUT2D eigenvalue weighted by Gasteiger charge is -2.25. The summed E-state index contributed by atoms with van der Waals surface area (Å²) in [6.45, 7) is 10.7. The maximum Gasteiger partial charge on any atom is 0.238 e. The molecule has 2 N–H and O–H groups in total. The highest BCUT2D eigenvalue weighted by Gasteiger charge is 2.21. The topological polar surface area (TPSA) is 61.4 Å². The molecule has 0 fully saturated rings. The number of carbonyl (C=O) groups excluding carboxylic acids is 2. The van der Waals surface area contributed by atoms with Gasteiger partial charge in [-0.15, -0.1) is 0 Å². The minimum atomic E-state index is -0.399. The first-order valence-electron chi connectivity index (χ1n) is 10.6. The van der Waals surface area contributed by atoms with E-state index in [1.165, 1.54) is 11.1 Å². The molecule has 0 heterocycles. The molecule has 2 aromatic rings. The first kappa shape index (κ1) is 23.6. The van der Waals surface area contributed by atoms with E-state index in [9.17, 15) is 9.59 Å². The minimum absolute atomic E-state index is 0.0672. The summed E-state index contributed by atoms with van der Waals surface area (Å²) in [6, 6.07) is 13.9. The highest BCUT2D eigenvalue weighted by Crippen LogP contribution is 2.22. The molecule has 0 bridgehead atoms. The Hall–Kier alpha value is -2.66. The third-order valence-corrected chi connectivity index (χ3v) is 5.66. The van der Waals surface area contributed by atoms with E-state index in [0.717, 1.165) is 23.2 Å². The molecule has 162 valence electrons. The molecule has 0 radical (unpaired) electrons. The fraction of sp³-hybridized carbons (Fsp3) is 0.440. The third kappa shape index (κ3) is 6.42. The van der Waals surface area contributed by atoms with Gasteiger partial charge in [0.15, 0.2) is 0 Å². The van der Waals surface area contributed by atoms with Crippen molar-refractivity contribution in [2.75, 3.05) is 25.5 Å². The van der Waals surface area contributed by atoms with Crippen molar-refractivity contribution in [3.05, 3.63) is 64.7 Å². The van der Waals surface area contributed by atoms with Crippen LogP contribution in [0.15, 0.2) is 42.5 Å². The van der Waals surface area contributed by atoms with Crippen LogP contribution in [0.5, 0.6) is 0 Å². The summed E-state index contributed by atoms with van der Waals surface area (Å²) < 4.78 is 0. The maximum absolute atomic E-state index is 12.6. The second-order valence-electron chi connectivity index (χ2n) is 8.17. The van der Waals surface area contributed by atoms with Crippen molar-refractivity contribution < 1.29 is 9.59 Å². The molecule has 0 unspecified atom stereocenters. The van der Waals surface area contributed by atoms with Gasteiger partial charge in [-0.25, -0.2) is 0 Å². The van der Waals surface area contributed by atoms with Gasteiger partial charge in [0.05, 0.1) is 12.6 Å². The number of amides is 2. The smallest absolute Gasteiger partial charge is 0.238 e. The molecule has 5 nitrogen and oxygen atoms in total. The number of anilines is 1. The van der Waals surface area contributed by atoms with Crippen LogP contribution in [0.25, 0.3) is 0 Å². The summed E-state index contributed by atoms with van der Waals surface area (Å²) >= 11 is 0. The molecule has 0 aromatic heterocycles. The first-order chi connectivity index (χ1) is 14.2. The summed E-state index contributed by atoms with van der Waals surface area (Å²) in [5.74, 6) is 0.0914. The second kappa shape index (κ2) is 10.9. The summed E-state index contributed by atoms with van der Waals surface area (Å²) in [6.07, 6.45) is 0.951. The predicted octanol–water partition coefficient (Wildman–Crippen LogP) is 4.18. The minimum Gasteiger partial charge on any atom is -0.354 e. The van der Waals surface area contributed by atoms with Crippen molar-refractivity contribution in [1.29, 1.82) is 0 Å². The van der Waals surface area contributed by atoms with Gasteiger partial charge in [0, 0.05) is 18.2 Å². The summed E-state index contributed by atoms with van der Waals surface area (Å²) in [5, 5.41) is 6.05. The molecule has 0 aliphatic rings. The van der Waals surface area contributed by atoms with Crippen LogP contribution < -0.4 is 10.6 Å². The fourth-order valence-electron chi connectivity index (χ4n) is 3.71. The van der Waals surface area contributed by atoms with Gasteiger partial charge >= 0.3 is 0 Å². The highest BCUT2D eigenvalue weighted by molar-refractivity contribution is 5.94. The van der Waals surface area contributed by atoms with E-state index in [-0.39, 0.29) is 24.3 Å². The van der Waals surface area contributed by atoms with Crippen molar-refractivity contribution in [3.63, 3.8) is 0 Å². The fourth-order valence-corrected chi connectivity index (χ4v) is 3.71. The first-order valence-corrected chi connectivity index (χ1v) is 10.6. The lowest BCUT2D eigenvalue weighted by molar-refractivity contribution is -0.126. The standard InChI is InChI=1S/C25H35N3O2/c1-7-21(22-11-9-8-10-12-22)15-26-25(30)20(5)28(6)16-23(29)27-24-18(3)13-17(2)14-19(24)4/h8-14,20-21H,7,15-16H2,1-6H3,(H,26,30)(H,27,29)/t20-,21-/m1/s1. The Labute approximate surface area is 180 Å². The molecule has 2 amide bonds. The van der Waals surface area contributed by atoms with Crippen molar-refractivity contribution in [2.45, 2.75) is 53.0 Å². The number of hydrogen-bond donors (Lipinski definition) is 2. The van der Waals surface area contributed by atoms with E-state index in [0.29, 0.717) is 6.54 Å². The number of hydrogen-bond acceptors (Lipinski definition) is 3. The van der Waals surface area contributed by atoms with Crippen molar-refractivity contribution in [3.8, 4) is 0 Å². The van der Waals surface area contributed by atoms with Crippen LogP contribution in [-0.4, -0.2) is 42.9 Å². The lowest BCUT2D eigenvalue weighted by Crippen LogP contribution is -2.46. The Kier molecular flexibility index (Phi) is 8.60. The van der Waals surface area contributed by atoms with E-state index in [1.54, 1.807) is 11.9 Å². The van der Waals surface area contributed by atoms with Crippen LogP contribution in [0.4, 0.5) is 5.69 Å². The number of likely N-dealkylation sites (N-methyl/N-ethyl adjacent to an activating group) is 1. The van der Waals surface area contributed by atoms with Gasteiger partial charge in [0.25, 0.3) is 0 Å². The van der Waals surface area contributed by atoms with Gasteiger partial charge in [-0.2, -0.15) is 0 Å². The van der Waals surface area contributed by atoms with Crippen LogP contribution >= 0.6 is 0 Å². The lowest BCUT2D eigenvalue weighted by atomic mass is 9.96. The van der Waals surface area contributed by atoms with Crippen LogP contribution in [0.3, 0.4) is 0 Å². The van der Waals surface area contributed by atoms with Crippen molar-refractivity contribution in [2.24, 2.45) is 0 Å². The summed E-state index contributed by atoms with van der Waals surface area (Å²) in [7, 11) is 1.80. The van der Waals surface area contributed by atoms with Gasteiger partial charge in [-0.3, -0.25) is 14.5 Å². The molecule has 2 rings (SSSR count). The number of nitrogens with one attached hydrogen (secondary N) is 2. The Morgan fingerprint density at radius 2 is 1.63 bits per heavy atom. The predicted molar refractivity (Wildman–Crippen MR) is 124 cm³/mol. The van der Waals surface area contributed by atoms with Crippen LogP contribution in [0, 0.1) is 20.8 Å². The average molecular weight is 410 g/mol. The molecule has 0 spiro atoms. The Morgan fingerprint density at radius 3 is 2.20 bits per heavy atom. The van der Waals surface area contributed by atoms with E-state index in [2.05, 4.69) is 41.8 Å². The monoisotopic (exact) mass is 409 g/mol. The molecule has 2 aromatic carbocycles. The van der Waals surface area contributed by atoms with Gasteiger partial charge in [0.2, 0.25) is 11.8 Å². The molecule has 2 atom stereocenters. The van der Waals surface area contributed by atoms with Crippen LogP contribution in [0.1, 0.15) is 48.4 Å². The van der Waals surface area contributed by atoms with E-state index in [4.69, 9.17) is 0 Å². The number of benzene rings is 2. The van der Waals surface area contributed by atoms with Gasteiger partial charge in [-0.1, -0.05) is 55.0 Å². The molecule has 5 heteroatoms. The molecule has 0 saturated heterocycles. The average Bonchev–Trinajstić information content (AvgIpc) is 2.71. The molecule has 0 aliphatic carbocycles. The summed E-state index contributed by atoms with van der Waals surface area (Å²) in [5.41, 5.74) is 5.34. The molecular formula is C25H35N3O2. The second-order valence-corrected chi connectivity index (χ2v) is 8.17. The Bertz CT molecular complexity index is 841. The van der Waals surface area contributed by atoms with E-state index < -0.39 is 6.04 Å². The number of nitrogens with zero attached hydrogens (tertiary/aromatic N) is 1. The molecule has 0 aliphatic heterocycles. The number of aryl methyl sites for hydroxylation is 3. The van der Waals surface area contributed by atoms with E-state index >= 15 is 0 Å². The maximum atomic E-state index is 12.6. The van der Waals surface area contributed by atoms with Crippen LogP contribution in [-0.2, 0) is 9.59 Å². The normalized spacial score (nSPS) is 13.0. The summed E-state index contributed by atoms with van der Waals surface area (Å²) in [4.78, 5) is 27.0. The zero-order chi connectivity index (χ0) is 22.3. The largest absolute Gasteiger partial charge is 0.354 e. The number of carbonyl (C=O) groups is 2. The quantitative estimate of drug-likeness (QED) is 0.653. The zero-order valence-electron chi connectivity index (χ0n) is 19.1. The van der Waals surface area contributed by atoms with Gasteiger partial charge in [-0.05, 0) is 57.9 Å². The van der Waals surface area contributed by atoms with Crippen LogP contribution in [0.2, 0.25) is 0 Å². The molecular weight excluding hydrogens is 374 g/mol. The van der Waals surface area contributed by atoms with Crippen molar-refractivity contribution >= 4 is 17.5 Å². The third-order valence-electron chi connectivity index (χ3n) is 5.66. The molecule has 30 heavy (non-hydrogen) atoms. The van der Waals surface area contributed by atoms with Crippen molar-refractivity contribution in [1.82, 2.24) is 10.2 Å². The van der Waals surface area contributed by atoms with Gasteiger partial charge < -0.3 is 10.6 Å². The van der Waals surface area contributed by atoms with Gasteiger partial charge in [0.1, 0.15) is 0 Å². The highest BCUT2D eigenvalue weighted by atomic mass is 16.2. The zero-order valence-corrected chi connectivity index (χ0v) is 19.1. The SMILES string of the molecule is CC[C@H](CNC(=O)[C@@H](C)N(C)CC(=O)Nc1c(C)cc(C)cc1C)c1ccccc1. The van der Waals surface area contributed by atoms with E-state index in [1.807, 2.05) is 45.9 Å². The Morgan fingerprint density at radius 1 is 1.03 bits per heavy atom. The molecule has 0 saturated carbocycles. The number of rotatable bonds is 9.